The van der Waals surface area contributed by atoms with E-state index in [1.807, 2.05) is 13.8 Å². The summed E-state index contributed by atoms with van der Waals surface area (Å²) in [4.78, 5) is 13.3. The van der Waals surface area contributed by atoms with Crippen molar-refractivity contribution in [3.8, 4) is 0 Å². The fourth-order valence-electron chi connectivity index (χ4n) is 3.31. The first-order valence-corrected chi connectivity index (χ1v) is 14.9. The van der Waals surface area contributed by atoms with Crippen LogP contribution in [0.25, 0.3) is 0 Å². The lowest BCUT2D eigenvalue weighted by atomic mass is 10.1. The summed E-state index contributed by atoms with van der Waals surface area (Å²) in [6.07, 6.45) is -0.125. The number of sulfone groups is 1. The summed E-state index contributed by atoms with van der Waals surface area (Å²) in [7, 11) is -7.20. The second kappa shape index (κ2) is 10.7. The van der Waals surface area contributed by atoms with Gasteiger partial charge in [0.1, 0.15) is 9.84 Å². The van der Waals surface area contributed by atoms with Crippen LogP contribution in [0.5, 0.6) is 0 Å². The highest BCUT2D eigenvalue weighted by molar-refractivity contribution is 8.00. The number of benzene rings is 1. The van der Waals surface area contributed by atoms with Crippen molar-refractivity contribution in [2.24, 2.45) is 11.8 Å². The number of carbonyl (C=O) groups is 1. The summed E-state index contributed by atoms with van der Waals surface area (Å²) in [6.45, 7) is 6.82. The van der Waals surface area contributed by atoms with Crippen molar-refractivity contribution >= 4 is 43.2 Å². The number of anilines is 1. The Balaban J connectivity index is 2.14. The minimum Gasteiger partial charge on any atom is -0.390 e. The number of thioether (sulfide) groups is 1. The number of nitrogens with zero attached hydrogens (tertiary/aromatic N) is 1. The zero-order valence-corrected chi connectivity index (χ0v) is 21.5. The van der Waals surface area contributed by atoms with E-state index in [1.54, 1.807) is 25.1 Å². The molecule has 0 aliphatic carbocycles. The summed E-state index contributed by atoms with van der Waals surface area (Å²) < 4.78 is 50.8. The average Bonchev–Trinajstić information content (AvgIpc) is 3.13. The Hall–Kier alpha value is -1.34. The largest absolute Gasteiger partial charge is 0.390 e. The molecule has 0 bridgehead atoms. The van der Waals surface area contributed by atoms with Crippen molar-refractivity contribution in [2.75, 3.05) is 36.3 Å². The summed E-state index contributed by atoms with van der Waals surface area (Å²) >= 11 is 1.52. The number of fused-ring (bicyclic) bond motifs is 1. The van der Waals surface area contributed by atoms with Crippen LogP contribution < -0.4 is 10.6 Å². The molecule has 3 N–H and O–H groups in total. The Morgan fingerprint density at radius 3 is 2.44 bits per heavy atom. The van der Waals surface area contributed by atoms with Gasteiger partial charge in [0.05, 0.1) is 28.7 Å². The molecule has 32 heavy (non-hydrogen) atoms. The maximum absolute atomic E-state index is 13.3. The van der Waals surface area contributed by atoms with Crippen LogP contribution in [-0.2, 0) is 24.7 Å². The maximum Gasteiger partial charge on any atom is 0.243 e. The van der Waals surface area contributed by atoms with Gasteiger partial charge < -0.3 is 15.7 Å². The van der Waals surface area contributed by atoms with Crippen LogP contribution in [-0.4, -0.2) is 75.3 Å². The Labute approximate surface area is 195 Å². The Kier molecular flexibility index (Phi) is 9.02. The molecule has 1 aromatic carbocycles. The molecule has 1 aromatic rings. The van der Waals surface area contributed by atoms with Crippen LogP contribution in [0.4, 0.5) is 5.69 Å². The fraction of sp³-hybridized carbons (Fsp3) is 0.650. The monoisotopic (exact) mass is 507 g/mol. The molecule has 0 aromatic heterocycles. The van der Waals surface area contributed by atoms with Gasteiger partial charge in [0, 0.05) is 35.8 Å². The van der Waals surface area contributed by atoms with Crippen LogP contribution in [0, 0.1) is 11.8 Å². The topological polar surface area (TPSA) is 133 Å². The number of rotatable bonds is 11. The van der Waals surface area contributed by atoms with Gasteiger partial charge in [0.15, 0.2) is 0 Å². The minimum absolute atomic E-state index is 0.0159. The number of hydrogen-bond donors (Lipinski definition) is 3. The standard InChI is InChI=1S/C20H33N3O6S3/c1-13(2)9-23(32(28,29)16-6-7-17-19(8-16)30-12-21-17)10-18(24)15(4)22-20(25)14(3)11-31(5,26)27/h6-8,13-15,18,21,24H,9-12H2,1-5H3,(H,22,25)/t14-,15+,18-/m1/s1. The molecule has 1 aliphatic rings. The third-order valence-corrected chi connectivity index (χ3v) is 8.86. The highest BCUT2D eigenvalue weighted by Gasteiger charge is 2.31. The summed E-state index contributed by atoms with van der Waals surface area (Å²) in [5.41, 5.74) is 0.893. The first-order valence-electron chi connectivity index (χ1n) is 10.4. The number of amides is 1. The van der Waals surface area contributed by atoms with Gasteiger partial charge in [-0.25, -0.2) is 16.8 Å². The molecule has 0 radical (unpaired) electrons. The molecule has 12 heteroatoms. The summed E-state index contributed by atoms with van der Waals surface area (Å²) in [5, 5.41) is 16.4. The number of hydrogen-bond acceptors (Lipinski definition) is 8. The lowest BCUT2D eigenvalue weighted by molar-refractivity contribution is -0.125. The van der Waals surface area contributed by atoms with Crippen LogP contribution >= 0.6 is 11.8 Å². The summed E-state index contributed by atoms with van der Waals surface area (Å²) in [6, 6.07) is 4.14. The maximum atomic E-state index is 13.3. The lowest BCUT2D eigenvalue weighted by Gasteiger charge is -2.29. The fourth-order valence-corrected chi connectivity index (χ4v) is 6.98. The molecule has 0 unspecified atom stereocenters. The second-order valence-electron chi connectivity index (χ2n) is 8.70. The molecule has 2 rings (SSSR count). The molecule has 0 saturated heterocycles. The van der Waals surface area contributed by atoms with Gasteiger partial charge in [0.25, 0.3) is 0 Å². The van der Waals surface area contributed by atoms with Gasteiger partial charge in [-0.2, -0.15) is 4.31 Å². The molecule has 182 valence electrons. The smallest absolute Gasteiger partial charge is 0.243 e. The number of carbonyl (C=O) groups excluding carboxylic acids is 1. The van der Waals surface area contributed by atoms with Gasteiger partial charge in [-0.1, -0.05) is 20.8 Å². The summed E-state index contributed by atoms with van der Waals surface area (Å²) in [5.74, 6) is -0.902. The van der Waals surface area contributed by atoms with Gasteiger partial charge in [0.2, 0.25) is 15.9 Å². The van der Waals surface area contributed by atoms with E-state index >= 15 is 0 Å². The third-order valence-electron chi connectivity index (χ3n) is 4.99. The molecule has 0 saturated carbocycles. The van der Waals surface area contributed by atoms with E-state index in [-0.39, 0.29) is 29.7 Å². The van der Waals surface area contributed by atoms with E-state index < -0.39 is 43.8 Å². The third kappa shape index (κ3) is 7.34. The van der Waals surface area contributed by atoms with Crippen molar-refractivity contribution in [1.82, 2.24) is 9.62 Å². The first-order chi connectivity index (χ1) is 14.7. The molecule has 9 nitrogen and oxygen atoms in total. The van der Waals surface area contributed by atoms with Crippen LogP contribution in [0.2, 0.25) is 0 Å². The van der Waals surface area contributed by atoms with Crippen LogP contribution in [0.15, 0.2) is 28.0 Å². The molecule has 0 spiro atoms. The highest BCUT2D eigenvalue weighted by atomic mass is 32.2. The normalized spacial score (nSPS) is 17.0. The SMILES string of the molecule is CC(C)CN(C[C@@H](O)[C@H](C)NC(=O)[C@H](C)CS(C)(=O)=O)S(=O)(=O)c1ccc2c(c1)SCN2. The molecule has 1 aliphatic heterocycles. The number of aliphatic hydroxyl groups is 1. The van der Waals surface area contributed by atoms with E-state index in [2.05, 4.69) is 10.6 Å². The van der Waals surface area contributed by atoms with E-state index in [0.717, 1.165) is 16.8 Å². The van der Waals surface area contributed by atoms with Crippen molar-refractivity contribution < 1.29 is 26.7 Å². The van der Waals surface area contributed by atoms with Gasteiger partial charge in [-0.3, -0.25) is 4.79 Å². The zero-order chi connectivity index (χ0) is 24.3. The minimum atomic E-state index is -3.87. The number of aliphatic hydroxyl groups excluding tert-OH is 1. The Morgan fingerprint density at radius 1 is 1.19 bits per heavy atom. The predicted octanol–water partition coefficient (Wildman–Crippen LogP) is 1.35. The lowest BCUT2D eigenvalue weighted by Crippen LogP contribution is -2.50. The molecular weight excluding hydrogens is 474 g/mol. The van der Waals surface area contributed by atoms with Crippen LogP contribution in [0.3, 0.4) is 0 Å². The molecule has 3 atom stereocenters. The predicted molar refractivity (Wildman–Crippen MR) is 127 cm³/mol. The quantitative estimate of drug-likeness (QED) is 0.409. The Bertz CT molecular complexity index is 1030. The van der Waals surface area contributed by atoms with E-state index in [9.17, 15) is 26.7 Å². The molecule has 1 heterocycles. The molecular formula is C20H33N3O6S3. The van der Waals surface area contributed by atoms with Crippen molar-refractivity contribution in [3.63, 3.8) is 0 Å². The van der Waals surface area contributed by atoms with Gasteiger partial charge in [-0.05, 0) is 31.0 Å². The van der Waals surface area contributed by atoms with E-state index in [1.165, 1.54) is 23.0 Å². The van der Waals surface area contributed by atoms with Gasteiger partial charge in [-0.15, -0.1) is 11.8 Å². The van der Waals surface area contributed by atoms with E-state index in [4.69, 9.17) is 0 Å². The van der Waals surface area contributed by atoms with Gasteiger partial charge >= 0.3 is 0 Å². The number of nitrogens with one attached hydrogen (secondary N) is 2. The average molecular weight is 508 g/mol. The van der Waals surface area contributed by atoms with Crippen molar-refractivity contribution in [3.05, 3.63) is 18.2 Å². The molecule has 0 fully saturated rings. The van der Waals surface area contributed by atoms with Crippen LogP contribution in [0.1, 0.15) is 27.7 Å². The zero-order valence-electron chi connectivity index (χ0n) is 19.0. The van der Waals surface area contributed by atoms with E-state index in [0.29, 0.717) is 5.88 Å². The number of sulfonamides is 1. The van der Waals surface area contributed by atoms with Crippen molar-refractivity contribution in [1.29, 1.82) is 0 Å². The highest BCUT2D eigenvalue weighted by Crippen LogP contribution is 2.35. The Morgan fingerprint density at radius 2 is 1.84 bits per heavy atom. The second-order valence-corrected chi connectivity index (χ2v) is 13.8. The molecule has 1 amide bonds. The first kappa shape index (κ1) is 26.9. The van der Waals surface area contributed by atoms with Crippen molar-refractivity contribution in [2.45, 2.75) is 49.6 Å².